The molecule has 220 valence electrons. The molecule has 2 aromatic rings. The molecule has 2 fully saturated rings. The second kappa shape index (κ2) is 10.5. The summed E-state index contributed by atoms with van der Waals surface area (Å²) >= 11 is 0. The van der Waals surface area contributed by atoms with Gasteiger partial charge < -0.3 is 26.0 Å². The molecule has 12 heteroatoms. The monoisotopic (exact) mass is 577 g/mol. The Morgan fingerprint density at radius 1 is 1.12 bits per heavy atom. The van der Waals surface area contributed by atoms with Crippen molar-refractivity contribution >= 4 is 40.6 Å². The first-order chi connectivity index (χ1) is 19.8. The van der Waals surface area contributed by atoms with Crippen molar-refractivity contribution in [1.29, 1.82) is 0 Å². The molecule has 0 saturated heterocycles. The van der Waals surface area contributed by atoms with E-state index in [9.17, 15) is 39.0 Å². The number of rotatable bonds is 6. The number of carbonyl (C=O) groups excluding carboxylic acids is 6. The molecule has 0 bridgehead atoms. The molecule has 12 nitrogen and oxygen atoms in total. The van der Waals surface area contributed by atoms with Crippen molar-refractivity contribution in [3.8, 4) is 16.9 Å². The molecule has 0 heterocycles. The average Bonchev–Trinajstić information content (AvgIpc) is 2.90. The first kappa shape index (κ1) is 29.2. The van der Waals surface area contributed by atoms with Gasteiger partial charge in [0.2, 0.25) is 11.8 Å². The Morgan fingerprint density at radius 2 is 1.83 bits per heavy atom. The van der Waals surface area contributed by atoms with Gasteiger partial charge in [-0.05, 0) is 67.7 Å². The van der Waals surface area contributed by atoms with Crippen LogP contribution in [0.1, 0.15) is 22.3 Å². The Labute approximate surface area is 240 Å². The summed E-state index contributed by atoms with van der Waals surface area (Å²) in [7, 11) is 4.46. The number of hydrogen-bond donors (Lipinski definition) is 4. The third-order valence-corrected chi connectivity index (χ3v) is 8.68. The number of nitrogens with zero attached hydrogens (tertiary/aromatic N) is 1. The number of phenols is 1. The van der Waals surface area contributed by atoms with Crippen LogP contribution in [-0.2, 0) is 35.1 Å². The zero-order valence-electron chi connectivity index (χ0n) is 23.2. The van der Waals surface area contributed by atoms with Gasteiger partial charge >= 0.3 is 0 Å². The molecular weight excluding hydrogens is 546 g/mol. The van der Waals surface area contributed by atoms with Gasteiger partial charge in [0.15, 0.2) is 34.7 Å². The molecule has 0 radical (unpaired) electrons. The van der Waals surface area contributed by atoms with Crippen LogP contribution in [0.4, 0.5) is 5.69 Å². The van der Waals surface area contributed by atoms with Crippen LogP contribution in [0.5, 0.6) is 5.75 Å². The minimum absolute atomic E-state index is 0.0495. The van der Waals surface area contributed by atoms with E-state index in [1.807, 2.05) is 0 Å². The van der Waals surface area contributed by atoms with E-state index in [1.54, 1.807) is 30.3 Å². The van der Waals surface area contributed by atoms with Crippen LogP contribution in [0.3, 0.4) is 0 Å². The molecule has 2 aromatic carbocycles. The molecule has 5 N–H and O–H groups in total. The third-order valence-electron chi connectivity index (χ3n) is 8.68. The number of nitrogens with two attached hydrogens (primary N) is 1. The van der Waals surface area contributed by atoms with Crippen molar-refractivity contribution in [3.05, 3.63) is 47.5 Å². The highest BCUT2D eigenvalue weighted by Crippen LogP contribution is 2.51. The van der Waals surface area contributed by atoms with Gasteiger partial charge in [0.05, 0.1) is 17.5 Å². The number of Topliss-reactive ketones (excluding diaryl/α,β-unsaturated/α-hetero) is 4. The molecule has 6 atom stereocenters. The van der Waals surface area contributed by atoms with Gasteiger partial charge in [-0.15, -0.1) is 0 Å². The fraction of sp³-hybridized carbons (Fsp3) is 0.400. The van der Waals surface area contributed by atoms with E-state index in [0.717, 1.165) is 0 Å². The van der Waals surface area contributed by atoms with E-state index in [0.29, 0.717) is 22.4 Å². The fourth-order valence-corrected chi connectivity index (χ4v) is 6.97. The van der Waals surface area contributed by atoms with Gasteiger partial charge in [-0.1, -0.05) is 18.2 Å². The van der Waals surface area contributed by atoms with Crippen LogP contribution >= 0.6 is 0 Å². The first-order valence-electron chi connectivity index (χ1n) is 13.4. The predicted molar refractivity (Wildman–Crippen MR) is 147 cm³/mol. The standard InChI is InChI=1S/C30H31N3O9/c1-33(2)24-18-11-14-10-17-16(13-5-4-6-15(9-13)32-20(35)12-42-3)7-8-19(34)22(17)25(36)21(14)27(38)30(18,41)28(39)23(26(24)37)29(31)40/h4-9,14,18,21,23-24,34,41H,10-12H2,1-3H3,(H2,31,40)(H,32,35)/t14-,18-,21?,23?,24?,30-/m0/s1. The quantitative estimate of drug-likeness (QED) is 0.343. The molecule has 3 aliphatic carbocycles. The zero-order chi connectivity index (χ0) is 30.7. The van der Waals surface area contributed by atoms with E-state index in [4.69, 9.17) is 10.5 Å². The maximum Gasteiger partial charge on any atom is 0.250 e. The number of amides is 2. The second-order valence-electron chi connectivity index (χ2n) is 11.3. The molecule has 42 heavy (non-hydrogen) atoms. The number of nitrogens with one attached hydrogen (secondary N) is 1. The largest absolute Gasteiger partial charge is 0.507 e. The summed E-state index contributed by atoms with van der Waals surface area (Å²) in [5.74, 6) is -11.4. The minimum atomic E-state index is -2.78. The van der Waals surface area contributed by atoms with E-state index < -0.39 is 64.4 Å². The van der Waals surface area contributed by atoms with Crippen molar-refractivity contribution in [2.24, 2.45) is 29.4 Å². The summed E-state index contributed by atoms with van der Waals surface area (Å²) in [6.07, 6.45) is 0.0714. The summed E-state index contributed by atoms with van der Waals surface area (Å²) < 4.78 is 4.86. The average molecular weight is 578 g/mol. The lowest BCUT2D eigenvalue weighted by Crippen LogP contribution is -2.74. The summed E-state index contributed by atoms with van der Waals surface area (Å²) in [4.78, 5) is 80.1. The fourth-order valence-electron chi connectivity index (χ4n) is 6.97. The highest BCUT2D eigenvalue weighted by molar-refractivity contribution is 6.32. The summed E-state index contributed by atoms with van der Waals surface area (Å²) in [6.45, 7) is -0.142. The molecular formula is C30H31N3O9. The topological polar surface area (TPSA) is 193 Å². The zero-order valence-corrected chi connectivity index (χ0v) is 23.2. The lowest BCUT2D eigenvalue weighted by molar-refractivity contribution is -0.181. The van der Waals surface area contributed by atoms with Crippen LogP contribution < -0.4 is 11.1 Å². The summed E-state index contributed by atoms with van der Waals surface area (Å²) in [5, 5.41) is 25.2. The van der Waals surface area contributed by atoms with Crippen molar-refractivity contribution < 1.29 is 43.7 Å². The Balaban J connectivity index is 1.60. The summed E-state index contributed by atoms with van der Waals surface area (Å²) in [5.41, 5.74) is 4.62. The molecule has 0 aliphatic heterocycles. The van der Waals surface area contributed by atoms with E-state index in [-0.39, 0.29) is 36.7 Å². The van der Waals surface area contributed by atoms with Gasteiger partial charge in [-0.2, -0.15) is 0 Å². The number of carbonyl (C=O) groups is 6. The number of likely N-dealkylation sites (N-methyl/N-ethyl adjacent to an activating group) is 1. The van der Waals surface area contributed by atoms with Gasteiger partial charge in [-0.3, -0.25) is 33.7 Å². The first-order valence-corrected chi connectivity index (χ1v) is 13.4. The Morgan fingerprint density at radius 3 is 2.48 bits per heavy atom. The highest BCUT2D eigenvalue weighted by atomic mass is 16.5. The lowest BCUT2D eigenvalue weighted by atomic mass is 9.52. The smallest absolute Gasteiger partial charge is 0.250 e. The number of fused-ring (bicyclic) bond motifs is 3. The molecule has 0 spiro atoms. The van der Waals surface area contributed by atoms with Gasteiger partial charge in [0.25, 0.3) is 0 Å². The van der Waals surface area contributed by atoms with Crippen LogP contribution in [0.2, 0.25) is 0 Å². The lowest BCUT2D eigenvalue weighted by Gasteiger charge is -2.52. The number of primary amides is 1. The normalized spacial score (nSPS) is 28.6. The number of phenolic OH excluding ortho intramolecular Hbond substituents is 1. The molecule has 2 amide bonds. The number of benzene rings is 2. The number of aliphatic hydroxyl groups is 1. The second-order valence-corrected chi connectivity index (χ2v) is 11.3. The molecule has 2 saturated carbocycles. The Kier molecular flexibility index (Phi) is 7.34. The van der Waals surface area contributed by atoms with Crippen molar-refractivity contribution in [2.45, 2.75) is 24.5 Å². The molecule has 0 aromatic heterocycles. The van der Waals surface area contributed by atoms with Crippen molar-refractivity contribution in [3.63, 3.8) is 0 Å². The number of methoxy groups -OCH3 is 1. The number of ketones is 4. The highest BCUT2D eigenvalue weighted by Gasteiger charge is 2.69. The van der Waals surface area contributed by atoms with Crippen molar-refractivity contribution in [2.75, 3.05) is 33.1 Å². The van der Waals surface area contributed by atoms with Gasteiger partial charge in [0, 0.05) is 18.7 Å². The number of aromatic hydroxyl groups is 1. The van der Waals surface area contributed by atoms with Crippen LogP contribution in [-0.4, -0.2) is 89.5 Å². The van der Waals surface area contributed by atoms with E-state index in [2.05, 4.69) is 5.32 Å². The Bertz CT molecular complexity index is 1550. The maximum absolute atomic E-state index is 14.0. The van der Waals surface area contributed by atoms with Crippen LogP contribution in [0.25, 0.3) is 11.1 Å². The van der Waals surface area contributed by atoms with E-state index >= 15 is 0 Å². The predicted octanol–water partition coefficient (Wildman–Crippen LogP) is 0.119. The number of ether oxygens (including phenoxy) is 1. The summed E-state index contributed by atoms with van der Waals surface area (Å²) in [6, 6.07) is 8.64. The van der Waals surface area contributed by atoms with Gasteiger partial charge in [0.1, 0.15) is 12.4 Å². The Hall–Kier alpha value is -4.26. The van der Waals surface area contributed by atoms with Crippen molar-refractivity contribution in [1.82, 2.24) is 4.90 Å². The minimum Gasteiger partial charge on any atom is -0.507 e. The molecule has 3 unspecified atom stereocenters. The van der Waals surface area contributed by atoms with Gasteiger partial charge in [-0.25, -0.2) is 0 Å². The number of hydrogen-bond acceptors (Lipinski definition) is 10. The number of anilines is 1. The van der Waals surface area contributed by atoms with Crippen LogP contribution in [0.15, 0.2) is 36.4 Å². The molecule has 3 aliphatic rings. The third kappa shape index (κ3) is 4.34. The van der Waals surface area contributed by atoms with Crippen LogP contribution in [0, 0.1) is 23.7 Å². The maximum atomic E-state index is 14.0. The molecule has 5 rings (SSSR count). The van der Waals surface area contributed by atoms with E-state index in [1.165, 1.54) is 32.2 Å². The SMILES string of the molecule is COCC(=O)Nc1cccc(-c2ccc(O)c3c2C[C@H]2C[C@H]4C(N(C)C)C(=O)C(C(N)=O)C(=O)[C@@]4(O)C(=O)C2C3=O)c1.